The van der Waals surface area contributed by atoms with Crippen molar-refractivity contribution >= 4 is 10.0 Å². The first kappa shape index (κ1) is 17.9. The smallest absolute Gasteiger partial charge is 0.211 e. The Morgan fingerprint density at radius 3 is 2.55 bits per heavy atom. The number of hydrogen-bond donors (Lipinski definition) is 1. The third-order valence-corrected chi connectivity index (χ3v) is 6.09. The topological polar surface area (TPSA) is 57.6 Å². The number of hydrogen-bond acceptors (Lipinski definition) is 3. The fourth-order valence-electron chi connectivity index (χ4n) is 3.34. The molecule has 0 spiro atoms. The van der Waals surface area contributed by atoms with Crippen LogP contribution in [-0.4, -0.2) is 43.8 Å². The molecule has 120 valence electrons. The molecule has 0 radical (unpaired) electrons. The highest BCUT2D eigenvalue weighted by molar-refractivity contribution is 7.88. The van der Waals surface area contributed by atoms with Crippen molar-refractivity contribution < 1.29 is 13.5 Å². The predicted molar refractivity (Wildman–Crippen MR) is 83.1 cm³/mol. The van der Waals surface area contributed by atoms with E-state index in [2.05, 4.69) is 13.8 Å². The quantitative estimate of drug-likeness (QED) is 0.750. The van der Waals surface area contributed by atoms with Gasteiger partial charge in [0.15, 0.2) is 0 Å². The molecule has 0 aromatic carbocycles. The second-order valence-corrected chi connectivity index (χ2v) is 8.43. The Morgan fingerprint density at radius 1 is 1.35 bits per heavy atom. The standard InChI is InChI=1S/C15H31NO3S/c1-4-6-9-15(5-2,13-17)11-14-8-7-10-16(12-14)20(3,18)19/h14,17H,4-13H2,1-3H3. The highest BCUT2D eigenvalue weighted by Gasteiger charge is 2.34. The first-order valence-electron chi connectivity index (χ1n) is 7.93. The summed E-state index contributed by atoms with van der Waals surface area (Å²) in [6.45, 7) is 5.82. The average molecular weight is 305 g/mol. The third kappa shape index (κ3) is 5.01. The van der Waals surface area contributed by atoms with Gasteiger partial charge in [-0.2, -0.15) is 0 Å². The fraction of sp³-hybridized carbons (Fsp3) is 1.00. The zero-order valence-electron chi connectivity index (χ0n) is 13.3. The molecule has 2 atom stereocenters. The van der Waals surface area contributed by atoms with Crippen LogP contribution in [0.15, 0.2) is 0 Å². The second-order valence-electron chi connectivity index (χ2n) is 6.45. The molecule has 4 nitrogen and oxygen atoms in total. The summed E-state index contributed by atoms with van der Waals surface area (Å²) in [5, 5.41) is 9.83. The zero-order chi connectivity index (χ0) is 15.2. The highest BCUT2D eigenvalue weighted by Crippen LogP contribution is 2.38. The number of piperidine rings is 1. The number of aliphatic hydroxyl groups is 1. The van der Waals surface area contributed by atoms with E-state index in [9.17, 15) is 13.5 Å². The molecule has 5 heteroatoms. The van der Waals surface area contributed by atoms with Crippen LogP contribution in [0.5, 0.6) is 0 Å². The minimum absolute atomic E-state index is 0.0127. The van der Waals surface area contributed by atoms with E-state index >= 15 is 0 Å². The highest BCUT2D eigenvalue weighted by atomic mass is 32.2. The maximum Gasteiger partial charge on any atom is 0.211 e. The van der Waals surface area contributed by atoms with Crippen molar-refractivity contribution in [3.63, 3.8) is 0 Å². The van der Waals surface area contributed by atoms with Crippen molar-refractivity contribution in [3.05, 3.63) is 0 Å². The van der Waals surface area contributed by atoms with E-state index < -0.39 is 10.0 Å². The van der Waals surface area contributed by atoms with Crippen LogP contribution in [0.4, 0.5) is 0 Å². The van der Waals surface area contributed by atoms with Gasteiger partial charge < -0.3 is 5.11 Å². The van der Waals surface area contributed by atoms with Gasteiger partial charge in [-0.15, -0.1) is 0 Å². The number of sulfonamides is 1. The van der Waals surface area contributed by atoms with Gasteiger partial charge in [-0.25, -0.2) is 12.7 Å². The van der Waals surface area contributed by atoms with Crippen LogP contribution in [0.3, 0.4) is 0 Å². The summed E-state index contributed by atoms with van der Waals surface area (Å²) in [4.78, 5) is 0. The van der Waals surface area contributed by atoms with Crippen LogP contribution < -0.4 is 0 Å². The van der Waals surface area contributed by atoms with E-state index in [1.165, 1.54) is 6.26 Å². The maximum absolute atomic E-state index is 11.7. The summed E-state index contributed by atoms with van der Waals surface area (Å²) in [6.07, 6.45) is 8.57. The number of nitrogens with zero attached hydrogens (tertiary/aromatic N) is 1. The van der Waals surface area contributed by atoms with Crippen molar-refractivity contribution in [2.45, 2.75) is 58.8 Å². The molecule has 0 aromatic rings. The van der Waals surface area contributed by atoms with Crippen molar-refractivity contribution in [2.24, 2.45) is 11.3 Å². The molecule has 1 heterocycles. The van der Waals surface area contributed by atoms with Crippen molar-refractivity contribution in [2.75, 3.05) is 26.0 Å². The summed E-state index contributed by atoms with van der Waals surface area (Å²) < 4.78 is 25.0. The van der Waals surface area contributed by atoms with Gasteiger partial charge in [0, 0.05) is 19.7 Å². The maximum atomic E-state index is 11.7. The Morgan fingerprint density at radius 2 is 2.05 bits per heavy atom. The van der Waals surface area contributed by atoms with E-state index in [0.717, 1.165) is 44.9 Å². The van der Waals surface area contributed by atoms with E-state index in [0.29, 0.717) is 19.0 Å². The summed E-state index contributed by atoms with van der Waals surface area (Å²) >= 11 is 0. The Hall–Kier alpha value is -0.130. The molecule has 0 amide bonds. The lowest BCUT2D eigenvalue weighted by Crippen LogP contribution is -2.41. The van der Waals surface area contributed by atoms with Crippen LogP contribution >= 0.6 is 0 Å². The molecule has 1 aliphatic heterocycles. The third-order valence-electron chi connectivity index (χ3n) is 4.82. The molecular weight excluding hydrogens is 274 g/mol. The Balaban J connectivity index is 2.68. The molecule has 0 bridgehead atoms. The van der Waals surface area contributed by atoms with Crippen LogP contribution in [0.1, 0.15) is 58.8 Å². The lowest BCUT2D eigenvalue weighted by Gasteiger charge is -2.38. The van der Waals surface area contributed by atoms with Gasteiger partial charge in [-0.05, 0) is 43.4 Å². The fourth-order valence-corrected chi connectivity index (χ4v) is 4.28. The van der Waals surface area contributed by atoms with Gasteiger partial charge in [0.05, 0.1) is 6.26 Å². The molecule has 2 unspecified atom stereocenters. The largest absolute Gasteiger partial charge is 0.396 e. The molecule has 0 aliphatic carbocycles. The zero-order valence-corrected chi connectivity index (χ0v) is 14.1. The van der Waals surface area contributed by atoms with Gasteiger partial charge in [0.1, 0.15) is 0 Å². The molecule has 0 saturated carbocycles. The number of aliphatic hydroxyl groups excluding tert-OH is 1. The molecular formula is C15H31NO3S. The van der Waals surface area contributed by atoms with Crippen molar-refractivity contribution in [3.8, 4) is 0 Å². The molecule has 1 rings (SSSR count). The van der Waals surface area contributed by atoms with Crippen LogP contribution in [0.25, 0.3) is 0 Å². The summed E-state index contributed by atoms with van der Waals surface area (Å²) in [7, 11) is -3.07. The molecule has 1 N–H and O–H groups in total. The molecule has 1 aliphatic rings. The summed E-state index contributed by atoms with van der Waals surface area (Å²) in [5.74, 6) is 0.391. The lowest BCUT2D eigenvalue weighted by atomic mass is 9.72. The molecule has 0 aromatic heterocycles. The first-order valence-corrected chi connectivity index (χ1v) is 9.77. The van der Waals surface area contributed by atoms with Gasteiger partial charge in [0.25, 0.3) is 0 Å². The molecule has 1 fully saturated rings. The molecule has 20 heavy (non-hydrogen) atoms. The van der Waals surface area contributed by atoms with Gasteiger partial charge in [-0.1, -0.05) is 26.7 Å². The van der Waals surface area contributed by atoms with E-state index in [1.807, 2.05) is 0 Å². The normalized spacial score (nSPS) is 24.5. The number of unbranched alkanes of at least 4 members (excludes halogenated alkanes) is 1. The van der Waals surface area contributed by atoms with E-state index in [1.54, 1.807) is 4.31 Å². The van der Waals surface area contributed by atoms with Crippen molar-refractivity contribution in [1.29, 1.82) is 0 Å². The second kappa shape index (κ2) is 7.76. The van der Waals surface area contributed by atoms with E-state index in [4.69, 9.17) is 0 Å². The van der Waals surface area contributed by atoms with Gasteiger partial charge in [0.2, 0.25) is 10.0 Å². The van der Waals surface area contributed by atoms with Crippen LogP contribution in [-0.2, 0) is 10.0 Å². The monoisotopic (exact) mass is 305 g/mol. The van der Waals surface area contributed by atoms with Crippen molar-refractivity contribution in [1.82, 2.24) is 4.31 Å². The molecule has 1 saturated heterocycles. The predicted octanol–water partition coefficient (Wildman–Crippen LogP) is 2.63. The summed E-state index contributed by atoms with van der Waals surface area (Å²) in [5.41, 5.74) is -0.0127. The van der Waals surface area contributed by atoms with Gasteiger partial charge in [-0.3, -0.25) is 0 Å². The van der Waals surface area contributed by atoms with Crippen LogP contribution in [0, 0.1) is 11.3 Å². The minimum Gasteiger partial charge on any atom is -0.396 e. The van der Waals surface area contributed by atoms with Gasteiger partial charge >= 0.3 is 0 Å². The Kier molecular flexibility index (Phi) is 6.95. The Bertz CT molecular complexity index is 377. The minimum atomic E-state index is -3.07. The Labute approximate surface area is 124 Å². The first-order chi connectivity index (χ1) is 9.37. The average Bonchev–Trinajstić information content (AvgIpc) is 2.43. The van der Waals surface area contributed by atoms with E-state index in [-0.39, 0.29) is 12.0 Å². The SMILES string of the molecule is CCCCC(CC)(CO)CC1CCCN(S(C)(=O)=O)C1. The van der Waals surface area contributed by atoms with Crippen LogP contribution in [0.2, 0.25) is 0 Å². The summed E-state index contributed by atoms with van der Waals surface area (Å²) in [6, 6.07) is 0. The number of rotatable bonds is 8. The lowest BCUT2D eigenvalue weighted by molar-refractivity contribution is 0.0668.